The number of rotatable bonds is 16. The molecule has 1 saturated carbocycles. The third kappa shape index (κ3) is 9.98. The first-order valence-electron chi connectivity index (χ1n) is 17.8. The Balaban J connectivity index is 1.24. The molecule has 16 heteroatoms. The highest BCUT2D eigenvalue weighted by Gasteiger charge is 2.36. The van der Waals surface area contributed by atoms with E-state index < -0.39 is 48.6 Å². The molecule has 2 saturated heterocycles. The number of hydrogen-bond acceptors (Lipinski definition) is 9. The molecule has 1 unspecified atom stereocenters. The Bertz CT molecular complexity index is 1560. The Hall–Kier alpha value is -5.15. The van der Waals surface area contributed by atoms with Crippen molar-refractivity contribution in [3.63, 3.8) is 0 Å². The van der Waals surface area contributed by atoms with E-state index in [9.17, 15) is 33.9 Å². The number of hydrogen-bond donors (Lipinski definition) is 4. The lowest BCUT2D eigenvalue weighted by Crippen LogP contribution is -2.51. The molecule has 2 aromatic rings. The molecule has 1 aromatic carbocycles. The van der Waals surface area contributed by atoms with Gasteiger partial charge in [0.25, 0.3) is 11.8 Å². The molecule has 4 N–H and O–H groups in total. The first kappa shape index (κ1) is 37.1. The Morgan fingerprint density at radius 1 is 0.980 bits per heavy atom. The fraction of sp³-hybridized carbons (Fsp3) is 0.571. The summed E-state index contributed by atoms with van der Waals surface area (Å²) >= 11 is 0. The van der Waals surface area contributed by atoms with Crippen LogP contribution in [0.1, 0.15) is 81.6 Å². The summed E-state index contributed by atoms with van der Waals surface area (Å²) in [6.45, 7) is 2.94. The Morgan fingerprint density at radius 2 is 1.76 bits per heavy atom. The minimum Gasteiger partial charge on any atom is -0.481 e. The van der Waals surface area contributed by atoms with Crippen LogP contribution in [-0.2, 0) is 23.9 Å². The van der Waals surface area contributed by atoms with Crippen LogP contribution in [0.2, 0.25) is 0 Å². The second kappa shape index (κ2) is 17.7. The molecule has 5 amide bonds. The van der Waals surface area contributed by atoms with E-state index in [0.717, 1.165) is 32.1 Å². The fourth-order valence-electron chi connectivity index (χ4n) is 6.25. The number of benzene rings is 1. The highest BCUT2D eigenvalue weighted by atomic mass is 16.6. The number of aliphatic carboxylic acids is 1. The lowest BCUT2D eigenvalue weighted by atomic mass is 9.93. The topological polar surface area (TPSA) is 202 Å². The van der Waals surface area contributed by atoms with Crippen molar-refractivity contribution in [2.75, 3.05) is 32.8 Å². The van der Waals surface area contributed by atoms with E-state index in [4.69, 9.17) is 9.47 Å². The molecular formula is C35H47N7O9. The van der Waals surface area contributed by atoms with Gasteiger partial charge in [0, 0.05) is 44.2 Å². The summed E-state index contributed by atoms with van der Waals surface area (Å²) in [5, 5.41) is 22.2. The average Bonchev–Trinajstić information content (AvgIpc) is 3.88. The van der Waals surface area contributed by atoms with E-state index in [-0.39, 0.29) is 48.8 Å². The largest absolute Gasteiger partial charge is 0.481 e. The molecule has 1 aromatic heterocycles. The van der Waals surface area contributed by atoms with Gasteiger partial charge in [0.05, 0.1) is 12.3 Å². The number of nitrogens with zero attached hydrogens (tertiary/aromatic N) is 4. The standard InChI is InChI=1S/C35H47N7O9/c1-2-3-19-50-35(49)40-18-16-24(21-40)37-32(46)26(14-15-31(44)45)38-33(47)27-20-30(42(39-27)25-11-5-4-6-12-25)51-22-29(43)41-17-8-13-28(41)34(48)36-23-9-7-10-23/h4-6,11-12,20,23-24,26,28H,2-3,7-10,13-19,21-22H2,1H3,(H,36,48)(H,37,46)(H,38,47)(H,44,45)/t24?,26-,28-/m0/s1. The molecule has 0 spiro atoms. The van der Waals surface area contributed by atoms with Crippen LogP contribution in [0.3, 0.4) is 0 Å². The summed E-state index contributed by atoms with van der Waals surface area (Å²) < 4.78 is 12.5. The third-order valence-corrected chi connectivity index (χ3v) is 9.37. The Morgan fingerprint density at radius 3 is 2.47 bits per heavy atom. The summed E-state index contributed by atoms with van der Waals surface area (Å²) in [6, 6.07) is 8.11. The molecular weight excluding hydrogens is 662 g/mol. The Kier molecular flexibility index (Phi) is 12.9. The van der Waals surface area contributed by atoms with Gasteiger partial charge in [0.1, 0.15) is 12.1 Å². The maximum atomic E-state index is 13.5. The minimum atomic E-state index is -1.22. The van der Waals surface area contributed by atoms with Crippen molar-refractivity contribution in [3.8, 4) is 11.6 Å². The monoisotopic (exact) mass is 709 g/mol. The number of carboxylic acids is 1. The maximum absolute atomic E-state index is 13.5. The van der Waals surface area contributed by atoms with Gasteiger partial charge < -0.3 is 40.3 Å². The summed E-state index contributed by atoms with van der Waals surface area (Å²) in [6.07, 6.45) is 5.30. The number of aromatic nitrogens is 2. The van der Waals surface area contributed by atoms with E-state index in [1.807, 2.05) is 6.92 Å². The normalized spacial score (nSPS) is 19.2. The number of carbonyl (C=O) groups is 6. The maximum Gasteiger partial charge on any atom is 0.409 e. The molecule has 3 aliphatic rings. The molecule has 2 aliphatic heterocycles. The van der Waals surface area contributed by atoms with E-state index in [1.54, 1.807) is 30.3 Å². The zero-order valence-electron chi connectivity index (χ0n) is 28.9. The van der Waals surface area contributed by atoms with Crippen LogP contribution in [0.4, 0.5) is 4.79 Å². The number of likely N-dealkylation sites (tertiary alicyclic amines) is 2. The van der Waals surface area contributed by atoms with Gasteiger partial charge in [-0.25, -0.2) is 9.48 Å². The zero-order chi connectivity index (χ0) is 36.3. The lowest BCUT2D eigenvalue weighted by molar-refractivity contribution is -0.140. The minimum absolute atomic E-state index is 0.0813. The third-order valence-electron chi connectivity index (χ3n) is 9.37. The summed E-state index contributed by atoms with van der Waals surface area (Å²) in [5.41, 5.74) is 0.410. The summed E-state index contributed by atoms with van der Waals surface area (Å²) in [5.74, 6) is -2.95. The molecule has 1 aliphatic carbocycles. The Labute approximate surface area is 296 Å². The number of nitrogens with one attached hydrogen (secondary N) is 3. The summed E-state index contributed by atoms with van der Waals surface area (Å²) in [4.78, 5) is 79.8. The van der Waals surface area contributed by atoms with Crippen LogP contribution in [0.5, 0.6) is 5.88 Å². The molecule has 3 fully saturated rings. The van der Waals surface area contributed by atoms with E-state index in [1.165, 1.54) is 20.5 Å². The van der Waals surface area contributed by atoms with Crippen molar-refractivity contribution >= 4 is 35.7 Å². The number of ether oxygens (including phenoxy) is 2. The summed E-state index contributed by atoms with van der Waals surface area (Å²) in [7, 11) is 0. The van der Waals surface area contributed by atoms with Gasteiger partial charge in [-0.2, -0.15) is 5.10 Å². The first-order valence-corrected chi connectivity index (χ1v) is 17.8. The predicted octanol–water partition coefficient (Wildman–Crippen LogP) is 2.00. The van der Waals surface area contributed by atoms with Crippen LogP contribution in [0.15, 0.2) is 36.4 Å². The molecule has 3 heterocycles. The number of carboxylic acid groups (broad SMARTS) is 1. The van der Waals surface area contributed by atoms with Gasteiger partial charge in [-0.15, -0.1) is 0 Å². The van der Waals surface area contributed by atoms with Gasteiger partial charge in [-0.1, -0.05) is 31.5 Å². The number of amides is 5. The highest BCUT2D eigenvalue weighted by molar-refractivity contribution is 5.96. The first-order chi connectivity index (χ1) is 24.6. The van der Waals surface area contributed by atoms with Crippen LogP contribution >= 0.6 is 0 Å². The average molecular weight is 710 g/mol. The quantitative estimate of drug-likeness (QED) is 0.187. The predicted molar refractivity (Wildman–Crippen MR) is 182 cm³/mol. The van der Waals surface area contributed by atoms with Crippen molar-refractivity contribution < 1.29 is 43.3 Å². The van der Waals surface area contributed by atoms with Gasteiger partial charge >= 0.3 is 12.1 Å². The smallest absolute Gasteiger partial charge is 0.409 e. The zero-order valence-corrected chi connectivity index (χ0v) is 28.9. The van der Waals surface area contributed by atoms with Crippen LogP contribution in [0, 0.1) is 0 Å². The van der Waals surface area contributed by atoms with Crippen molar-refractivity contribution in [3.05, 3.63) is 42.1 Å². The molecule has 276 valence electrons. The van der Waals surface area contributed by atoms with Gasteiger partial charge in [0.15, 0.2) is 12.3 Å². The number of carbonyl (C=O) groups excluding carboxylic acids is 5. The SMILES string of the molecule is CCCCOC(=O)N1CCC(NC(=O)[C@H](CCC(=O)O)NC(=O)c2cc(OCC(=O)N3CCC[C@H]3C(=O)NC3CCC3)n(-c3ccccc3)n2)C1. The second-order valence-corrected chi connectivity index (χ2v) is 13.2. The van der Waals surface area contributed by atoms with Crippen LogP contribution in [-0.4, -0.2) is 117 Å². The molecule has 51 heavy (non-hydrogen) atoms. The van der Waals surface area contributed by atoms with Gasteiger partial charge in [-0.05, 0) is 63.5 Å². The van der Waals surface area contributed by atoms with Crippen molar-refractivity contribution in [1.29, 1.82) is 0 Å². The number of para-hydroxylation sites is 1. The lowest BCUT2D eigenvalue weighted by Gasteiger charge is -2.30. The molecule has 5 rings (SSSR count). The van der Waals surface area contributed by atoms with Crippen LogP contribution in [0.25, 0.3) is 5.69 Å². The molecule has 3 atom stereocenters. The molecule has 0 bridgehead atoms. The van der Waals surface area contributed by atoms with Crippen molar-refractivity contribution in [2.24, 2.45) is 0 Å². The number of unbranched alkanes of at least 4 members (excludes halogenated alkanes) is 1. The van der Waals surface area contributed by atoms with E-state index in [2.05, 4.69) is 21.0 Å². The fourth-order valence-corrected chi connectivity index (χ4v) is 6.25. The second-order valence-electron chi connectivity index (χ2n) is 13.2. The van der Waals surface area contributed by atoms with Crippen LogP contribution < -0.4 is 20.7 Å². The molecule has 16 nitrogen and oxygen atoms in total. The highest BCUT2D eigenvalue weighted by Crippen LogP contribution is 2.24. The van der Waals surface area contributed by atoms with Gasteiger partial charge in [-0.3, -0.25) is 24.0 Å². The van der Waals surface area contributed by atoms with Crippen molar-refractivity contribution in [2.45, 2.75) is 95.3 Å². The van der Waals surface area contributed by atoms with Gasteiger partial charge in [0.2, 0.25) is 17.7 Å². The van der Waals surface area contributed by atoms with E-state index >= 15 is 0 Å². The molecule has 0 radical (unpaired) electrons. The van der Waals surface area contributed by atoms with Crippen molar-refractivity contribution in [1.82, 2.24) is 35.5 Å². The van der Waals surface area contributed by atoms with E-state index in [0.29, 0.717) is 44.6 Å².